The predicted molar refractivity (Wildman–Crippen MR) is 101 cm³/mol. The topological polar surface area (TPSA) is 39.1 Å². The third kappa shape index (κ3) is 5.71. The Balaban J connectivity index is 1.66. The Labute approximate surface area is 170 Å². The van der Waals surface area contributed by atoms with Crippen LogP contribution in [-0.2, 0) is 19.6 Å². The number of aryl methyl sites for hydroxylation is 1. The van der Waals surface area contributed by atoms with Gasteiger partial charge in [-0.2, -0.15) is 5.10 Å². The van der Waals surface area contributed by atoms with Gasteiger partial charge in [-0.3, -0.25) is 0 Å². The van der Waals surface area contributed by atoms with E-state index in [1.807, 2.05) is 0 Å². The van der Waals surface area contributed by atoms with Gasteiger partial charge in [0.25, 0.3) is 0 Å². The van der Waals surface area contributed by atoms with E-state index in [1.54, 1.807) is 35.9 Å². The fraction of sp³-hybridized carbons (Fsp3) is 0.250. The second-order valence-electron chi connectivity index (χ2n) is 6.40. The summed E-state index contributed by atoms with van der Waals surface area (Å²) in [6.45, 7) is 2.65. The normalized spacial score (nSPS) is 11.7. The number of alkyl halides is 3. The minimum atomic E-state index is -4.75. The molecule has 1 aromatic heterocycles. The van der Waals surface area contributed by atoms with E-state index < -0.39 is 6.36 Å². The van der Waals surface area contributed by atoms with E-state index in [0.29, 0.717) is 29.5 Å². The van der Waals surface area contributed by atoms with Crippen LogP contribution in [0, 0.1) is 12.7 Å². The van der Waals surface area contributed by atoms with Crippen molar-refractivity contribution in [2.75, 3.05) is 0 Å². The van der Waals surface area contributed by atoms with Crippen molar-refractivity contribution in [1.29, 1.82) is 0 Å². The lowest BCUT2D eigenvalue weighted by Gasteiger charge is -2.13. The second-order valence-corrected chi connectivity index (χ2v) is 6.76. The molecule has 29 heavy (non-hydrogen) atoms. The Morgan fingerprint density at radius 2 is 1.76 bits per heavy atom. The first kappa shape index (κ1) is 21.1. The molecule has 154 valence electrons. The molecule has 3 aromatic rings. The smallest absolute Gasteiger partial charge is 0.405 e. The van der Waals surface area contributed by atoms with Crippen LogP contribution in [0.5, 0.6) is 5.75 Å². The van der Waals surface area contributed by atoms with E-state index in [-0.39, 0.29) is 18.1 Å². The van der Waals surface area contributed by atoms with Gasteiger partial charge in [-0.05, 0) is 30.7 Å². The highest BCUT2D eigenvalue weighted by Gasteiger charge is 2.31. The molecular formula is C20H18ClF4N3O. The van der Waals surface area contributed by atoms with Crippen LogP contribution in [0.4, 0.5) is 17.6 Å². The highest BCUT2D eigenvalue weighted by molar-refractivity contribution is 6.30. The van der Waals surface area contributed by atoms with Crippen molar-refractivity contribution < 1.29 is 22.3 Å². The van der Waals surface area contributed by atoms with Gasteiger partial charge in [-0.15, -0.1) is 13.2 Å². The van der Waals surface area contributed by atoms with Crippen LogP contribution in [0.15, 0.2) is 48.5 Å². The van der Waals surface area contributed by atoms with Crippen LogP contribution >= 0.6 is 11.6 Å². The highest BCUT2D eigenvalue weighted by Crippen LogP contribution is 2.26. The SMILES string of the molecule is Cc1nn(Cc2ccc(F)cc2)c(Cl)c1CNCc1ccccc1OC(F)(F)F. The predicted octanol–water partition coefficient (Wildman–Crippen LogP) is 5.22. The number of nitrogens with zero attached hydrogens (tertiary/aromatic N) is 2. The third-order valence-corrected chi connectivity index (χ3v) is 4.67. The molecule has 3 rings (SSSR count). The first-order valence-electron chi connectivity index (χ1n) is 8.73. The zero-order chi connectivity index (χ0) is 21.0. The average molecular weight is 428 g/mol. The van der Waals surface area contributed by atoms with E-state index in [9.17, 15) is 17.6 Å². The maximum Gasteiger partial charge on any atom is 0.573 e. The molecule has 0 bridgehead atoms. The first-order valence-corrected chi connectivity index (χ1v) is 9.11. The maximum atomic E-state index is 13.0. The van der Waals surface area contributed by atoms with Crippen LogP contribution in [0.1, 0.15) is 22.4 Å². The Morgan fingerprint density at radius 1 is 1.07 bits per heavy atom. The van der Waals surface area contributed by atoms with Gasteiger partial charge in [-0.1, -0.05) is 41.9 Å². The van der Waals surface area contributed by atoms with Gasteiger partial charge >= 0.3 is 6.36 Å². The van der Waals surface area contributed by atoms with Crippen molar-refractivity contribution in [1.82, 2.24) is 15.1 Å². The zero-order valence-electron chi connectivity index (χ0n) is 15.4. The Hall–Kier alpha value is -2.58. The molecule has 0 amide bonds. The summed E-state index contributed by atoms with van der Waals surface area (Å²) in [6.07, 6.45) is -4.75. The molecular weight excluding hydrogens is 410 g/mol. The van der Waals surface area contributed by atoms with E-state index in [1.165, 1.54) is 24.3 Å². The number of para-hydroxylation sites is 1. The number of hydrogen-bond donors (Lipinski definition) is 1. The van der Waals surface area contributed by atoms with E-state index in [4.69, 9.17) is 11.6 Å². The largest absolute Gasteiger partial charge is 0.573 e. The van der Waals surface area contributed by atoms with Crippen molar-refractivity contribution in [2.24, 2.45) is 0 Å². The molecule has 2 aromatic carbocycles. The summed E-state index contributed by atoms with van der Waals surface area (Å²) in [6, 6.07) is 12.0. The van der Waals surface area contributed by atoms with Gasteiger partial charge in [-0.25, -0.2) is 9.07 Å². The number of ether oxygens (including phenoxy) is 1. The lowest BCUT2D eigenvalue weighted by molar-refractivity contribution is -0.274. The van der Waals surface area contributed by atoms with Crippen molar-refractivity contribution in [3.05, 3.63) is 81.9 Å². The number of halogens is 5. The summed E-state index contributed by atoms with van der Waals surface area (Å²) in [5, 5.41) is 7.89. The van der Waals surface area contributed by atoms with E-state index >= 15 is 0 Å². The molecule has 0 aliphatic rings. The van der Waals surface area contributed by atoms with Gasteiger partial charge in [0.15, 0.2) is 0 Å². The molecule has 0 unspecified atom stereocenters. The van der Waals surface area contributed by atoms with Crippen molar-refractivity contribution in [3.63, 3.8) is 0 Å². The van der Waals surface area contributed by atoms with E-state index in [0.717, 1.165) is 11.1 Å². The average Bonchev–Trinajstić information content (AvgIpc) is 2.91. The zero-order valence-corrected chi connectivity index (χ0v) is 16.2. The molecule has 0 saturated heterocycles. The molecule has 0 aliphatic heterocycles. The minimum Gasteiger partial charge on any atom is -0.405 e. The molecule has 0 fully saturated rings. The number of benzene rings is 2. The first-order chi connectivity index (χ1) is 13.7. The van der Waals surface area contributed by atoms with E-state index in [2.05, 4.69) is 15.2 Å². The summed E-state index contributed by atoms with van der Waals surface area (Å²) >= 11 is 6.42. The molecule has 0 saturated carbocycles. The number of rotatable bonds is 7. The molecule has 1 heterocycles. The molecule has 0 radical (unpaired) electrons. The number of aromatic nitrogens is 2. The third-order valence-electron chi connectivity index (χ3n) is 4.24. The summed E-state index contributed by atoms with van der Waals surface area (Å²) in [7, 11) is 0. The summed E-state index contributed by atoms with van der Waals surface area (Å²) < 4.78 is 56.3. The standard InChI is InChI=1S/C20H18ClF4N3O/c1-13-17(19(21)28(27-13)12-14-6-8-16(22)9-7-14)11-26-10-15-4-2-3-5-18(15)29-20(23,24)25/h2-9,26H,10-12H2,1H3. The van der Waals surface area contributed by atoms with Crippen LogP contribution in [0.2, 0.25) is 5.15 Å². The fourth-order valence-corrected chi connectivity index (χ4v) is 3.16. The summed E-state index contributed by atoms with van der Waals surface area (Å²) in [5.74, 6) is -0.571. The van der Waals surface area contributed by atoms with Gasteiger partial charge < -0.3 is 10.1 Å². The lowest BCUT2D eigenvalue weighted by Crippen LogP contribution is -2.20. The summed E-state index contributed by atoms with van der Waals surface area (Å²) in [4.78, 5) is 0. The van der Waals surface area contributed by atoms with Crippen LogP contribution in [0.25, 0.3) is 0 Å². The molecule has 4 nitrogen and oxygen atoms in total. The van der Waals surface area contributed by atoms with Crippen molar-refractivity contribution in [2.45, 2.75) is 32.9 Å². The summed E-state index contributed by atoms with van der Waals surface area (Å²) in [5.41, 5.74) is 2.65. The molecule has 0 spiro atoms. The Kier molecular flexibility index (Phi) is 6.44. The fourth-order valence-electron chi connectivity index (χ4n) is 2.86. The number of hydrogen-bond acceptors (Lipinski definition) is 3. The highest BCUT2D eigenvalue weighted by atomic mass is 35.5. The monoisotopic (exact) mass is 427 g/mol. The van der Waals surface area contributed by atoms with Crippen molar-refractivity contribution in [3.8, 4) is 5.75 Å². The van der Waals surface area contributed by atoms with Gasteiger partial charge in [0.1, 0.15) is 16.7 Å². The van der Waals surface area contributed by atoms with Crippen LogP contribution in [-0.4, -0.2) is 16.1 Å². The molecule has 0 aliphatic carbocycles. The minimum absolute atomic E-state index is 0.158. The van der Waals surface area contributed by atoms with Gasteiger partial charge in [0.05, 0.1) is 12.2 Å². The molecule has 1 N–H and O–H groups in total. The lowest BCUT2D eigenvalue weighted by atomic mass is 10.2. The quantitative estimate of drug-likeness (QED) is 0.525. The molecule has 9 heteroatoms. The second kappa shape index (κ2) is 8.84. The Morgan fingerprint density at radius 3 is 2.45 bits per heavy atom. The number of nitrogens with one attached hydrogen (secondary N) is 1. The van der Waals surface area contributed by atoms with Crippen LogP contribution < -0.4 is 10.1 Å². The van der Waals surface area contributed by atoms with Crippen molar-refractivity contribution >= 4 is 11.6 Å². The van der Waals surface area contributed by atoms with Gasteiger partial charge in [0.2, 0.25) is 0 Å². The molecule has 0 atom stereocenters. The maximum absolute atomic E-state index is 13.0. The Bertz CT molecular complexity index is 971. The van der Waals surface area contributed by atoms with Gasteiger partial charge in [0, 0.05) is 24.2 Å². The van der Waals surface area contributed by atoms with Crippen LogP contribution in [0.3, 0.4) is 0 Å².